The molecule has 1 spiro atoms. The molecule has 1 aromatic heterocycles. The Morgan fingerprint density at radius 3 is 1.79 bits per heavy atom. The lowest BCUT2D eigenvalue weighted by molar-refractivity contribution is 0.388. The van der Waals surface area contributed by atoms with Crippen LogP contribution in [0.4, 0.5) is 0 Å². The lowest BCUT2D eigenvalue weighted by Gasteiger charge is -2.35. The Balaban J connectivity index is 1.02. The molecule has 11 aromatic rings. The van der Waals surface area contributed by atoms with Gasteiger partial charge in [-0.2, -0.15) is 0 Å². The molecule has 10 aromatic carbocycles. The van der Waals surface area contributed by atoms with Crippen LogP contribution in [-0.2, 0) is 5.41 Å². The summed E-state index contributed by atoms with van der Waals surface area (Å²) in [4.78, 5) is 6.01. The smallest absolute Gasteiger partial charge is 0.144 e. The quantitative estimate of drug-likeness (QED) is 0.158. The monoisotopic (exact) mass is 871 g/mol. The van der Waals surface area contributed by atoms with Gasteiger partial charge in [-0.15, -0.1) is 0 Å². The minimum atomic E-state index is -0.577. The van der Waals surface area contributed by atoms with E-state index in [4.69, 9.17) is 9.41 Å². The maximum atomic E-state index is 7.22. The molecule has 0 saturated carbocycles. The van der Waals surface area contributed by atoms with Crippen molar-refractivity contribution >= 4 is 54.8 Å². The van der Waals surface area contributed by atoms with Crippen LogP contribution in [0.5, 0.6) is 0 Å². The molecule has 4 unspecified atom stereocenters. The highest BCUT2D eigenvalue weighted by molar-refractivity contribution is 6.35. The first-order valence-electron chi connectivity index (χ1n) is 24.5. The van der Waals surface area contributed by atoms with Crippen molar-refractivity contribution in [2.75, 3.05) is 0 Å². The second-order valence-electron chi connectivity index (χ2n) is 19.6. The van der Waals surface area contributed by atoms with Crippen LogP contribution in [0.3, 0.4) is 0 Å². The molecule has 0 saturated heterocycles. The van der Waals surface area contributed by atoms with Crippen molar-refractivity contribution in [3.8, 4) is 33.4 Å². The predicted molar refractivity (Wildman–Crippen MR) is 284 cm³/mol. The number of fused-ring (bicyclic) bond motifs is 14. The zero-order chi connectivity index (χ0) is 45.3. The molecule has 0 amide bonds. The van der Waals surface area contributed by atoms with Gasteiger partial charge in [-0.25, -0.2) is 0 Å². The number of hydrogen-bond acceptors (Lipinski definition) is 2. The summed E-state index contributed by atoms with van der Waals surface area (Å²) in [6, 6.07) is 74.6. The maximum Gasteiger partial charge on any atom is 0.144 e. The molecule has 0 radical (unpaired) electrons. The molecule has 2 aliphatic carbocycles. The van der Waals surface area contributed by atoms with Gasteiger partial charge in [0.2, 0.25) is 0 Å². The van der Waals surface area contributed by atoms with Gasteiger partial charge in [-0.05, 0) is 124 Å². The Morgan fingerprint density at radius 1 is 0.485 bits per heavy atom. The highest BCUT2D eigenvalue weighted by Gasteiger charge is 2.53. The van der Waals surface area contributed by atoms with E-state index in [1.165, 1.54) is 110 Å². The minimum absolute atomic E-state index is 0.113. The molecule has 324 valence electrons. The fourth-order valence-corrected chi connectivity index (χ4v) is 13.0. The van der Waals surface area contributed by atoms with E-state index in [-0.39, 0.29) is 23.8 Å². The molecular formula is C66H49NO. The average molecular weight is 872 g/mol. The molecule has 1 aliphatic heterocycles. The van der Waals surface area contributed by atoms with Gasteiger partial charge in [0.15, 0.2) is 0 Å². The molecule has 2 heteroatoms. The van der Waals surface area contributed by atoms with E-state index < -0.39 is 5.41 Å². The van der Waals surface area contributed by atoms with Gasteiger partial charge in [-0.1, -0.05) is 215 Å². The van der Waals surface area contributed by atoms with E-state index in [0.717, 1.165) is 23.3 Å². The maximum absolute atomic E-state index is 7.22. The molecule has 2 nitrogen and oxygen atoms in total. The summed E-state index contributed by atoms with van der Waals surface area (Å²) in [5.74, 6) is 0.531. The van der Waals surface area contributed by atoms with E-state index in [1.54, 1.807) is 0 Å². The number of allylic oxidation sites excluding steroid dienone is 2. The summed E-state index contributed by atoms with van der Waals surface area (Å²) >= 11 is 0. The topological polar surface area (TPSA) is 25.5 Å². The number of nitrogens with zero attached hydrogens (tertiary/aromatic N) is 1. The van der Waals surface area contributed by atoms with Crippen molar-refractivity contribution in [1.82, 2.24) is 0 Å². The van der Waals surface area contributed by atoms with Gasteiger partial charge in [-0.3, -0.25) is 4.99 Å². The second-order valence-corrected chi connectivity index (χ2v) is 19.6. The molecule has 0 bridgehead atoms. The molecule has 0 N–H and O–H groups in total. The molecule has 68 heavy (non-hydrogen) atoms. The van der Waals surface area contributed by atoms with E-state index >= 15 is 0 Å². The first-order valence-corrected chi connectivity index (χ1v) is 24.5. The molecule has 4 atom stereocenters. The minimum Gasteiger partial charge on any atom is -0.455 e. The highest BCUT2D eigenvalue weighted by atomic mass is 16.3. The fourth-order valence-electron chi connectivity index (χ4n) is 13.0. The van der Waals surface area contributed by atoms with Crippen molar-refractivity contribution in [1.29, 1.82) is 0 Å². The third kappa shape index (κ3) is 5.37. The van der Waals surface area contributed by atoms with Gasteiger partial charge in [0.25, 0.3) is 0 Å². The Morgan fingerprint density at radius 2 is 1.09 bits per heavy atom. The first-order chi connectivity index (χ1) is 33.5. The fraction of sp³-hybridized carbons (Fsp3) is 0.136. The summed E-state index contributed by atoms with van der Waals surface area (Å²) < 4.78 is 7.22. The molecule has 14 rings (SSSR count). The van der Waals surface area contributed by atoms with Crippen LogP contribution >= 0.6 is 0 Å². The van der Waals surface area contributed by atoms with Gasteiger partial charge in [0, 0.05) is 28.0 Å². The lowest BCUT2D eigenvalue weighted by atomic mass is 9.69. The number of hydrogen-bond donors (Lipinski definition) is 0. The van der Waals surface area contributed by atoms with Crippen LogP contribution in [0.2, 0.25) is 0 Å². The average Bonchev–Trinajstić information content (AvgIpc) is 4.04. The van der Waals surface area contributed by atoms with Crippen molar-refractivity contribution in [3.63, 3.8) is 0 Å². The van der Waals surface area contributed by atoms with Gasteiger partial charge < -0.3 is 4.42 Å². The van der Waals surface area contributed by atoms with Crippen LogP contribution in [-0.4, -0.2) is 5.71 Å². The zero-order valence-corrected chi connectivity index (χ0v) is 38.5. The van der Waals surface area contributed by atoms with Crippen LogP contribution in [0.15, 0.2) is 216 Å². The molecular weight excluding hydrogens is 823 g/mol. The summed E-state index contributed by atoms with van der Waals surface area (Å²) in [5, 5.41) is 7.46. The zero-order valence-electron chi connectivity index (χ0n) is 38.5. The SMILES string of the molecule is CCC1/C=C(/c2ccc(-c3ccccc3)cc2)C(C)C(C)C(c2ccc3c(c2)C2(c4ccccc4-c4ccccc42)c2cc4c5ccccc5c5cccc6oc(c2-3)c4c65)N=C1c1ccccc1. The van der Waals surface area contributed by atoms with Gasteiger partial charge in [0.1, 0.15) is 11.2 Å². The third-order valence-corrected chi connectivity index (χ3v) is 16.3. The molecule has 3 aliphatic rings. The van der Waals surface area contributed by atoms with E-state index in [9.17, 15) is 0 Å². The van der Waals surface area contributed by atoms with Crippen LogP contribution in [0, 0.1) is 17.8 Å². The third-order valence-electron chi connectivity index (χ3n) is 16.3. The Labute approximate surface area is 397 Å². The summed E-state index contributed by atoms with van der Waals surface area (Å²) in [6.07, 6.45) is 3.50. The number of benzene rings is 10. The normalized spacial score (nSPS) is 19.9. The van der Waals surface area contributed by atoms with Gasteiger partial charge in [0.05, 0.1) is 11.5 Å². The van der Waals surface area contributed by atoms with Crippen LogP contribution in [0.25, 0.3) is 82.4 Å². The second kappa shape index (κ2) is 14.8. The molecule has 0 fully saturated rings. The summed E-state index contributed by atoms with van der Waals surface area (Å²) in [5.41, 5.74) is 20.4. The number of furan rings is 1. The van der Waals surface area contributed by atoms with Crippen molar-refractivity contribution < 1.29 is 4.42 Å². The van der Waals surface area contributed by atoms with Crippen molar-refractivity contribution in [3.05, 3.63) is 245 Å². The standard InChI is InChI=1S/C66H49NO/c1-4-41-36-53(44-32-30-43(31-33-44)42-18-7-5-8-19-42)39(2)40(3)63(67-64(41)45-20-9-6-10-21-45)46-34-35-52-57(37-46)66(55-27-15-13-24-49(55)50-25-14-16-28-56(50)66)58-38-54-48-23-12-11-22-47(48)51-26-17-29-59-61(51)62(54)65(68-59)60(52)58/h5-41,63H,4H2,1-3H3/b53-36+,67-64?. The lowest BCUT2D eigenvalue weighted by Crippen LogP contribution is -2.27. The number of rotatable bonds is 5. The van der Waals surface area contributed by atoms with Crippen LogP contribution in [0.1, 0.15) is 72.2 Å². The van der Waals surface area contributed by atoms with E-state index in [2.05, 4.69) is 227 Å². The first kappa shape index (κ1) is 39.4. The highest BCUT2D eigenvalue weighted by Crippen LogP contribution is 2.65. The van der Waals surface area contributed by atoms with Crippen LogP contribution < -0.4 is 0 Å². The Kier molecular flexibility index (Phi) is 8.59. The number of aliphatic imine (C=N–C) groups is 1. The largest absolute Gasteiger partial charge is 0.455 e. The van der Waals surface area contributed by atoms with Crippen molar-refractivity contribution in [2.45, 2.75) is 38.6 Å². The summed E-state index contributed by atoms with van der Waals surface area (Å²) in [6.45, 7) is 7.19. The van der Waals surface area contributed by atoms with Crippen molar-refractivity contribution in [2.24, 2.45) is 22.7 Å². The predicted octanol–water partition coefficient (Wildman–Crippen LogP) is 17.3. The van der Waals surface area contributed by atoms with E-state index in [1.807, 2.05) is 0 Å². The van der Waals surface area contributed by atoms with Gasteiger partial charge >= 0.3 is 0 Å². The van der Waals surface area contributed by atoms with E-state index in [0.29, 0.717) is 0 Å². The molecule has 2 heterocycles. The summed E-state index contributed by atoms with van der Waals surface area (Å²) in [7, 11) is 0. The Hall–Kier alpha value is -7.81. The Bertz CT molecular complexity index is 3830.